The molecule has 1 atom stereocenters. The number of benzene rings is 1. The molecule has 21 heavy (non-hydrogen) atoms. The lowest BCUT2D eigenvalue weighted by Crippen LogP contribution is -2.42. The molecule has 1 amide bonds. The number of aromatic nitrogens is 2. The minimum absolute atomic E-state index is 0.109. The Balaban J connectivity index is 2.41. The van der Waals surface area contributed by atoms with Crippen LogP contribution in [0.25, 0.3) is 11.0 Å². The molecule has 0 spiro atoms. The van der Waals surface area contributed by atoms with Crippen molar-refractivity contribution in [1.29, 1.82) is 0 Å². The number of aliphatic hydroxyl groups excluding tert-OH is 1. The van der Waals surface area contributed by atoms with E-state index in [-0.39, 0.29) is 18.0 Å². The number of carbonyl (C=O) groups excluding carboxylic acids is 1. The highest BCUT2D eigenvalue weighted by atomic mass is 16.3. The van der Waals surface area contributed by atoms with Crippen molar-refractivity contribution < 1.29 is 9.90 Å². The molecular formula is C15H22N4O2. The lowest BCUT2D eigenvalue weighted by Gasteiger charge is -2.21. The molecule has 4 N–H and O–H groups in total. The lowest BCUT2D eigenvalue weighted by molar-refractivity contribution is -0.123. The summed E-state index contributed by atoms with van der Waals surface area (Å²) >= 11 is 0. The van der Waals surface area contributed by atoms with Gasteiger partial charge in [0, 0.05) is 11.2 Å². The van der Waals surface area contributed by atoms with E-state index in [4.69, 9.17) is 5.73 Å². The van der Waals surface area contributed by atoms with E-state index < -0.39 is 6.10 Å². The van der Waals surface area contributed by atoms with Crippen LogP contribution in [0.4, 0.5) is 5.69 Å². The second-order valence-electron chi connectivity index (χ2n) is 6.28. The third kappa shape index (κ3) is 3.52. The number of amides is 1. The number of hydrogen-bond donors (Lipinski definition) is 3. The number of anilines is 1. The molecule has 0 aliphatic heterocycles. The van der Waals surface area contributed by atoms with Crippen molar-refractivity contribution in [3.63, 3.8) is 0 Å². The number of nitrogen functional groups attached to an aromatic ring is 1. The molecule has 6 heteroatoms. The molecular weight excluding hydrogens is 268 g/mol. The Hall–Kier alpha value is -2.08. The molecule has 1 aromatic heterocycles. The zero-order valence-corrected chi connectivity index (χ0v) is 12.8. The summed E-state index contributed by atoms with van der Waals surface area (Å²) < 4.78 is 1.72. The summed E-state index contributed by atoms with van der Waals surface area (Å²) in [6, 6.07) is 5.31. The third-order valence-electron chi connectivity index (χ3n) is 2.99. The van der Waals surface area contributed by atoms with Crippen molar-refractivity contribution in [3.8, 4) is 0 Å². The van der Waals surface area contributed by atoms with Gasteiger partial charge in [0.15, 0.2) is 0 Å². The summed E-state index contributed by atoms with van der Waals surface area (Å²) in [5.41, 5.74) is 7.51. The maximum atomic E-state index is 12.1. The van der Waals surface area contributed by atoms with Crippen LogP contribution in [0.1, 0.15) is 39.6 Å². The number of rotatable bonds is 3. The summed E-state index contributed by atoms with van der Waals surface area (Å²) in [7, 11) is 0. The lowest BCUT2D eigenvalue weighted by atomic mass is 10.1. The monoisotopic (exact) mass is 290 g/mol. The van der Waals surface area contributed by atoms with Crippen LogP contribution in [0.15, 0.2) is 18.2 Å². The minimum atomic E-state index is -0.763. The molecule has 2 rings (SSSR count). The van der Waals surface area contributed by atoms with Gasteiger partial charge in [0.25, 0.3) is 0 Å². The minimum Gasteiger partial charge on any atom is -0.399 e. The van der Waals surface area contributed by atoms with E-state index in [0.717, 1.165) is 5.52 Å². The van der Waals surface area contributed by atoms with Crippen LogP contribution in [0.2, 0.25) is 0 Å². The predicted molar refractivity (Wildman–Crippen MR) is 82.7 cm³/mol. The zero-order chi connectivity index (χ0) is 15.8. The van der Waals surface area contributed by atoms with Crippen LogP contribution in [0.5, 0.6) is 0 Å². The number of hydrogen-bond acceptors (Lipinski definition) is 4. The summed E-state index contributed by atoms with van der Waals surface area (Å²) in [6.45, 7) is 7.51. The first kappa shape index (κ1) is 15.3. The summed E-state index contributed by atoms with van der Waals surface area (Å²) in [4.78, 5) is 16.5. The molecule has 1 heterocycles. The molecule has 0 radical (unpaired) electrons. The van der Waals surface area contributed by atoms with Gasteiger partial charge in [-0.15, -0.1) is 0 Å². The topological polar surface area (TPSA) is 93.2 Å². The normalized spacial score (nSPS) is 13.4. The van der Waals surface area contributed by atoms with Crippen LogP contribution in [-0.2, 0) is 11.3 Å². The summed E-state index contributed by atoms with van der Waals surface area (Å²) in [5, 5.41) is 12.8. The van der Waals surface area contributed by atoms with Crippen LogP contribution < -0.4 is 11.1 Å². The highest BCUT2D eigenvalue weighted by Gasteiger charge is 2.19. The van der Waals surface area contributed by atoms with Gasteiger partial charge in [0.1, 0.15) is 18.5 Å². The molecule has 114 valence electrons. The number of fused-ring (bicyclic) bond motifs is 1. The first-order valence-electron chi connectivity index (χ1n) is 6.92. The van der Waals surface area contributed by atoms with E-state index in [1.807, 2.05) is 26.8 Å². The van der Waals surface area contributed by atoms with E-state index in [9.17, 15) is 9.90 Å². The average molecular weight is 290 g/mol. The van der Waals surface area contributed by atoms with Crippen LogP contribution in [0.3, 0.4) is 0 Å². The quantitative estimate of drug-likeness (QED) is 0.748. The fourth-order valence-electron chi connectivity index (χ4n) is 2.25. The van der Waals surface area contributed by atoms with Gasteiger partial charge in [-0.25, -0.2) is 4.98 Å². The molecule has 2 aromatic rings. The number of nitrogens with zero attached hydrogens (tertiary/aromatic N) is 2. The Morgan fingerprint density at radius 1 is 1.48 bits per heavy atom. The van der Waals surface area contributed by atoms with Crippen molar-refractivity contribution in [2.45, 2.75) is 45.9 Å². The largest absolute Gasteiger partial charge is 0.399 e. The first-order valence-corrected chi connectivity index (χ1v) is 6.92. The highest BCUT2D eigenvalue weighted by molar-refractivity contribution is 5.83. The second kappa shape index (κ2) is 5.37. The van der Waals surface area contributed by atoms with Gasteiger partial charge in [0.2, 0.25) is 5.91 Å². The highest BCUT2D eigenvalue weighted by Crippen LogP contribution is 2.22. The van der Waals surface area contributed by atoms with Crippen molar-refractivity contribution in [1.82, 2.24) is 14.9 Å². The Morgan fingerprint density at radius 2 is 2.14 bits per heavy atom. The van der Waals surface area contributed by atoms with Crippen molar-refractivity contribution in [3.05, 3.63) is 24.0 Å². The van der Waals surface area contributed by atoms with Gasteiger partial charge in [0.05, 0.1) is 11.0 Å². The SMILES string of the molecule is CC(O)c1nc2cc(N)ccc2n1CC(=O)NC(C)(C)C. The van der Waals surface area contributed by atoms with Gasteiger partial charge in [-0.1, -0.05) is 0 Å². The molecule has 0 aliphatic carbocycles. The number of aliphatic hydroxyl groups is 1. The molecule has 1 unspecified atom stereocenters. The van der Waals surface area contributed by atoms with Crippen LogP contribution in [-0.4, -0.2) is 26.1 Å². The molecule has 0 saturated carbocycles. The van der Waals surface area contributed by atoms with E-state index in [1.54, 1.807) is 23.6 Å². The molecule has 0 aliphatic rings. The Bertz CT molecular complexity index is 668. The van der Waals surface area contributed by atoms with Gasteiger partial charge in [-0.2, -0.15) is 0 Å². The zero-order valence-electron chi connectivity index (χ0n) is 12.8. The number of imidazole rings is 1. The van der Waals surface area contributed by atoms with E-state index >= 15 is 0 Å². The van der Waals surface area contributed by atoms with Gasteiger partial charge < -0.3 is 20.7 Å². The number of carbonyl (C=O) groups is 1. The van der Waals surface area contributed by atoms with Crippen LogP contribution in [0, 0.1) is 0 Å². The van der Waals surface area contributed by atoms with E-state index in [2.05, 4.69) is 10.3 Å². The Morgan fingerprint density at radius 3 is 2.71 bits per heavy atom. The maximum Gasteiger partial charge on any atom is 0.240 e. The van der Waals surface area contributed by atoms with Crippen LogP contribution >= 0.6 is 0 Å². The third-order valence-corrected chi connectivity index (χ3v) is 2.99. The fraction of sp³-hybridized carbons (Fsp3) is 0.467. The Kier molecular flexibility index (Phi) is 3.91. The average Bonchev–Trinajstić information content (AvgIpc) is 2.64. The van der Waals surface area contributed by atoms with Crippen molar-refractivity contribution in [2.75, 3.05) is 5.73 Å². The summed E-state index contributed by atoms with van der Waals surface area (Å²) in [6.07, 6.45) is -0.763. The molecule has 0 bridgehead atoms. The number of nitrogens with two attached hydrogens (primary N) is 1. The molecule has 6 nitrogen and oxygen atoms in total. The number of nitrogens with one attached hydrogen (secondary N) is 1. The maximum absolute atomic E-state index is 12.1. The molecule has 1 aromatic carbocycles. The summed E-state index contributed by atoms with van der Waals surface area (Å²) in [5.74, 6) is 0.334. The van der Waals surface area contributed by atoms with E-state index in [1.165, 1.54) is 0 Å². The second-order valence-corrected chi connectivity index (χ2v) is 6.28. The molecule has 0 saturated heterocycles. The first-order chi connectivity index (χ1) is 9.67. The van der Waals surface area contributed by atoms with Gasteiger partial charge in [-0.3, -0.25) is 4.79 Å². The van der Waals surface area contributed by atoms with Crippen molar-refractivity contribution >= 4 is 22.6 Å². The standard InChI is InChI=1S/C15H22N4O2/c1-9(20)14-17-11-7-10(16)5-6-12(11)19(14)8-13(21)18-15(2,3)4/h5-7,9,20H,8,16H2,1-4H3,(H,18,21). The van der Waals surface area contributed by atoms with Gasteiger partial charge in [-0.05, 0) is 45.9 Å². The fourth-order valence-corrected chi connectivity index (χ4v) is 2.25. The van der Waals surface area contributed by atoms with Gasteiger partial charge >= 0.3 is 0 Å². The smallest absolute Gasteiger partial charge is 0.240 e. The predicted octanol–water partition coefficient (Wildman–Crippen LogP) is 1.59. The Labute approximate surface area is 124 Å². The van der Waals surface area contributed by atoms with Crippen molar-refractivity contribution in [2.24, 2.45) is 0 Å². The van der Waals surface area contributed by atoms with E-state index in [0.29, 0.717) is 17.0 Å². The molecule has 0 fully saturated rings.